The van der Waals surface area contributed by atoms with Crippen LogP contribution in [-0.2, 0) is 11.3 Å². The standard InChI is InChI=1S/C9H16N4O/c1-7-4-8(2-3-14-7)5-13-6-11-9(10)12-13/h6-8H,2-5H2,1H3,(H2,10,12). The second-order valence-corrected chi connectivity index (χ2v) is 3.90. The molecular weight excluding hydrogens is 180 g/mol. The molecule has 0 saturated carbocycles. The smallest absolute Gasteiger partial charge is 0.239 e. The average molecular weight is 196 g/mol. The quantitative estimate of drug-likeness (QED) is 0.755. The molecule has 1 fully saturated rings. The molecule has 2 atom stereocenters. The highest BCUT2D eigenvalue weighted by molar-refractivity contribution is 5.09. The van der Waals surface area contributed by atoms with E-state index in [4.69, 9.17) is 10.5 Å². The number of ether oxygens (including phenoxy) is 1. The van der Waals surface area contributed by atoms with E-state index in [1.54, 1.807) is 6.33 Å². The van der Waals surface area contributed by atoms with Crippen LogP contribution in [0.5, 0.6) is 0 Å². The van der Waals surface area contributed by atoms with Crippen molar-refractivity contribution in [1.82, 2.24) is 14.8 Å². The Bertz CT molecular complexity index is 299. The van der Waals surface area contributed by atoms with Gasteiger partial charge in [0.15, 0.2) is 0 Å². The molecule has 0 aliphatic carbocycles. The molecule has 5 heteroatoms. The fourth-order valence-corrected chi connectivity index (χ4v) is 1.92. The normalized spacial score (nSPS) is 27.8. The summed E-state index contributed by atoms with van der Waals surface area (Å²) in [6, 6.07) is 0. The van der Waals surface area contributed by atoms with E-state index in [0.29, 0.717) is 18.0 Å². The van der Waals surface area contributed by atoms with Gasteiger partial charge in [-0.05, 0) is 25.7 Å². The Morgan fingerprint density at radius 1 is 1.71 bits per heavy atom. The highest BCUT2D eigenvalue weighted by Crippen LogP contribution is 2.21. The molecule has 2 rings (SSSR count). The molecule has 0 bridgehead atoms. The van der Waals surface area contributed by atoms with E-state index in [9.17, 15) is 0 Å². The van der Waals surface area contributed by atoms with Crippen LogP contribution in [0.25, 0.3) is 0 Å². The van der Waals surface area contributed by atoms with Gasteiger partial charge in [-0.15, -0.1) is 5.10 Å². The summed E-state index contributed by atoms with van der Waals surface area (Å²) in [6.07, 6.45) is 4.26. The Balaban J connectivity index is 1.90. The Labute approximate surface area is 83.3 Å². The van der Waals surface area contributed by atoms with E-state index >= 15 is 0 Å². The maximum Gasteiger partial charge on any atom is 0.239 e. The second-order valence-electron chi connectivity index (χ2n) is 3.90. The van der Waals surface area contributed by atoms with Crippen molar-refractivity contribution in [1.29, 1.82) is 0 Å². The van der Waals surface area contributed by atoms with Crippen molar-refractivity contribution in [2.45, 2.75) is 32.4 Å². The lowest BCUT2D eigenvalue weighted by Crippen LogP contribution is -2.26. The third kappa shape index (κ3) is 2.23. The number of aromatic nitrogens is 3. The van der Waals surface area contributed by atoms with Gasteiger partial charge in [-0.3, -0.25) is 4.68 Å². The van der Waals surface area contributed by atoms with Gasteiger partial charge in [0, 0.05) is 13.2 Å². The molecule has 2 unspecified atom stereocenters. The molecule has 1 saturated heterocycles. The zero-order chi connectivity index (χ0) is 9.97. The summed E-state index contributed by atoms with van der Waals surface area (Å²) in [5, 5.41) is 4.07. The third-order valence-corrected chi connectivity index (χ3v) is 2.59. The molecule has 2 N–H and O–H groups in total. The van der Waals surface area contributed by atoms with Gasteiger partial charge < -0.3 is 10.5 Å². The van der Waals surface area contributed by atoms with Crippen LogP contribution < -0.4 is 5.73 Å². The molecule has 0 amide bonds. The van der Waals surface area contributed by atoms with Gasteiger partial charge in [0.05, 0.1) is 6.10 Å². The zero-order valence-corrected chi connectivity index (χ0v) is 8.39. The summed E-state index contributed by atoms with van der Waals surface area (Å²) in [7, 11) is 0. The lowest BCUT2D eigenvalue weighted by Gasteiger charge is -2.26. The number of rotatable bonds is 2. The van der Waals surface area contributed by atoms with Gasteiger partial charge in [0.25, 0.3) is 0 Å². The monoisotopic (exact) mass is 196 g/mol. The first-order valence-corrected chi connectivity index (χ1v) is 5.00. The Morgan fingerprint density at radius 3 is 3.21 bits per heavy atom. The van der Waals surface area contributed by atoms with Crippen LogP contribution in [-0.4, -0.2) is 27.5 Å². The van der Waals surface area contributed by atoms with Gasteiger partial charge in [0.1, 0.15) is 6.33 Å². The maximum atomic E-state index is 5.48. The minimum atomic E-state index is 0.352. The summed E-state index contributed by atoms with van der Waals surface area (Å²) >= 11 is 0. The molecule has 1 aliphatic rings. The van der Waals surface area contributed by atoms with Gasteiger partial charge in [-0.2, -0.15) is 0 Å². The molecule has 1 aromatic heterocycles. The molecule has 78 valence electrons. The maximum absolute atomic E-state index is 5.48. The van der Waals surface area contributed by atoms with Crippen molar-refractivity contribution in [2.24, 2.45) is 5.92 Å². The zero-order valence-electron chi connectivity index (χ0n) is 8.39. The van der Waals surface area contributed by atoms with Crippen LogP contribution in [0.4, 0.5) is 5.95 Å². The summed E-state index contributed by atoms with van der Waals surface area (Å²) in [5.41, 5.74) is 5.44. The molecule has 1 aliphatic heterocycles. The van der Waals surface area contributed by atoms with Crippen LogP contribution >= 0.6 is 0 Å². The number of hydrogen-bond acceptors (Lipinski definition) is 4. The highest BCUT2D eigenvalue weighted by Gasteiger charge is 2.19. The minimum absolute atomic E-state index is 0.352. The van der Waals surface area contributed by atoms with Crippen molar-refractivity contribution in [3.8, 4) is 0 Å². The number of nitrogens with zero attached hydrogens (tertiary/aromatic N) is 3. The fourth-order valence-electron chi connectivity index (χ4n) is 1.92. The summed E-state index contributed by atoms with van der Waals surface area (Å²) < 4.78 is 7.30. The molecule has 0 radical (unpaired) electrons. The number of nitrogen functional groups attached to an aromatic ring is 1. The van der Waals surface area contributed by atoms with Crippen LogP contribution in [0, 0.1) is 5.92 Å². The van der Waals surface area contributed by atoms with E-state index in [2.05, 4.69) is 17.0 Å². The summed E-state index contributed by atoms with van der Waals surface area (Å²) in [5.74, 6) is 0.991. The molecule has 5 nitrogen and oxygen atoms in total. The van der Waals surface area contributed by atoms with Crippen molar-refractivity contribution in [2.75, 3.05) is 12.3 Å². The van der Waals surface area contributed by atoms with Gasteiger partial charge in [-0.25, -0.2) is 4.98 Å². The van der Waals surface area contributed by atoms with Crippen molar-refractivity contribution in [3.05, 3.63) is 6.33 Å². The molecule has 0 aromatic carbocycles. The summed E-state index contributed by atoms with van der Waals surface area (Å²) in [4.78, 5) is 3.90. The lowest BCUT2D eigenvalue weighted by atomic mass is 9.96. The third-order valence-electron chi connectivity index (χ3n) is 2.59. The lowest BCUT2D eigenvalue weighted by molar-refractivity contribution is -0.00177. The first-order valence-electron chi connectivity index (χ1n) is 5.00. The Kier molecular flexibility index (Phi) is 2.67. The predicted molar refractivity (Wildman–Crippen MR) is 52.6 cm³/mol. The van der Waals surface area contributed by atoms with E-state index in [1.807, 2.05) is 4.68 Å². The van der Waals surface area contributed by atoms with Crippen LogP contribution in [0.3, 0.4) is 0 Å². The largest absolute Gasteiger partial charge is 0.378 e. The summed E-state index contributed by atoms with van der Waals surface area (Å²) in [6.45, 7) is 3.87. The van der Waals surface area contributed by atoms with E-state index in [0.717, 1.165) is 26.0 Å². The molecule has 14 heavy (non-hydrogen) atoms. The average Bonchev–Trinajstić information content (AvgIpc) is 2.51. The predicted octanol–water partition coefficient (Wildman–Crippen LogP) is 0.675. The number of nitrogens with two attached hydrogens (primary N) is 1. The Hall–Kier alpha value is -1.10. The molecule has 0 spiro atoms. The highest BCUT2D eigenvalue weighted by atomic mass is 16.5. The van der Waals surface area contributed by atoms with Crippen LogP contribution in [0.15, 0.2) is 6.33 Å². The van der Waals surface area contributed by atoms with E-state index < -0.39 is 0 Å². The van der Waals surface area contributed by atoms with Crippen molar-refractivity contribution in [3.63, 3.8) is 0 Å². The fraction of sp³-hybridized carbons (Fsp3) is 0.778. The topological polar surface area (TPSA) is 66.0 Å². The van der Waals surface area contributed by atoms with Crippen LogP contribution in [0.2, 0.25) is 0 Å². The number of anilines is 1. The first-order chi connectivity index (χ1) is 6.74. The molecule has 1 aromatic rings. The van der Waals surface area contributed by atoms with E-state index in [1.165, 1.54) is 0 Å². The minimum Gasteiger partial charge on any atom is -0.378 e. The number of hydrogen-bond donors (Lipinski definition) is 1. The van der Waals surface area contributed by atoms with Gasteiger partial charge >= 0.3 is 0 Å². The first kappa shape index (κ1) is 9.45. The van der Waals surface area contributed by atoms with Crippen molar-refractivity contribution < 1.29 is 4.74 Å². The molecular formula is C9H16N4O. The van der Waals surface area contributed by atoms with E-state index in [-0.39, 0.29) is 0 Å². The van der Waals surface area contributed by atoms with Crippen molar-refractivity contribution >= 4 is 5.95 Å². The van der Waals surface area contributed by atoms with Crippen LogP contribution in [0.1, 0.15) is 19.8 Å². The Morgan fingerprint density at radius 2 is 2.57 bits per heavy atom. The molecule has 2 heterocycles. The SMILES string of the molecule is CC1CC(Cn2cnc(N)n2)CCO1. The second kappa shape index (κ2) is 3.96. The van der Waals surface area contributed by atoms with Gasteiger partial charge in [0.2, 0.25) is 5.95 Å². The van der Waals surface area contributed by atoms with Gasteiger partial charge in [-0.1, -0.05) is 0 Å².